The van der Waals surface area contributed by atoms with Gasteiger partial charge in [-0.15, -0.1) is 6.58 Å². The van der Waals surface area contributed by atoms with E-state index in [4.69, 9.17) is 11.6 Å². The second-order valence-electron chi connectivity index (χ2n) is 3.23. The summed E-state index contributed by atoms with van der Waals surface area (Å²) in [7, 11) is 0. The molecule has 0 aliphatic carbocycles. The van der Waals surface area contributed by atoms with Crippen molar-refractivity contribution < 1.29 is 4.79 Å². The fourth-order valence-electron chi connectivity index (χ4n) is 1.25. The van der Waals surface area contributed by atoms with Gasteiger partial charge < -0.3 is 0 Å². The van der Waals surface area contributed by atoms with Crippen molar-refractivity contribution in [1.82, 2.24) is 0 Å². The van der Waals surface area contributed by atoms with Crippen LogP contribution in [0.25, 0.3) is 0 Å². The molecule has 0 bridgehead atoms. The fraction of sp³-hybridized carbons (Fsp3) is 0.250. The predicted molar refractivity (Wildman–Crippen MR) is 72.5 cm³/mol. The van der Waals surface area contributed by atoms with Gasteiger partial charge in [0.15, 0.2) is 5.78 Å². The summed E-state index contributed by atoms with van der Waals surface area (Å²) < 4.78 is 0.959. The maximum Gasteiger partial charge on any atom is 0.164 e. The molecule has 15 heavy (non-hydrogen) atoms. The molecule has 1 aromatic rings. The summed E-state index contributed by atoms with van der Waals surface area (Å²) in [6, 6.07) is 5.40. The van der Waals surface area contributed by atoms with Gasteiger partial charge in [-0.25, -0.2) is 0 Å². The van der Waals surface area contributed by atoms with Crippen LogP contribution in [0.3, 0.4) is 0 Å². The van der Waals surface area contributed by atoms with E-state index in [1.807, 2.05) is 12.1 Å². The van der Waals surface area contributed by atoms with E-state index in [1.54, 1.807) is 12.1 Å². The second-order valence-corrected chi connectivity index (χ2v) is 4.83. The normalized spacial score (nSPS) is 10.0. The standard InChI is InChI=1S/C12H12ClIO/c1-2-3-4-5-12(15)10-8-9(13)6-7-11(10)14/h2,6-8H,1,3-5H2. The Kier molecular flexibility index (Phi) is 5.32. The van der Waals surface area contributed by atoms with E-state index in [2.05, 4.69) is 29.2 Å². The number of rotatable bonds is 5. The Morgan fingerprint density at radius 1 is 1.53 bits per heavy atom. The van der Waals surface area contributed by atoms with Crippen molar-refractivity contribution in [3.63, 3.8) is 0 Å². The highest BCUT2D eigenvalue weighted by atomic mass is 127. The maximum absolute atomic E-state index is 11.8. The van der Waals surface area contributed by atoms with E-state index in [0.29, 0.717) is 11.4 Å². The Morgan fingerprint density at radius 2 is 2.27 bits per heavy atom. The zero-order valence-corrected chi connectivity index (χ0v) is 11.2. The highest BCUT2D eigenvalue weighted by molar-refractivity contribution is 14.1. The number of unbranched alkanes of at least 4 members (excludes halogenated alkanes) is 1. The van der Waals surface area contributed by atoms with Crippen molar-refractivity contribution in [1.29, 1.82) is 0 Å². The van der Waals surface area contributed by atoms with Gasteiger partial charge in [-0.2, -0.15) is 0 Å². The zero-order chi connectivity index (χ0) is 11.3. The van der Waals surface area contributed by atoms with E-state index in [1.165, 1.54) is 0 Å². The van der Waals surface area contributed by atoms with E-state index in [0.717, 1.165) is 22.0 Å². The van der Waals surface area contributed by atoms with Crippen LogP contribution in [0, 0.1) is 3.57 Å². The third-order valence-electron chi connectivity index (χ3n) is 2.04. The summed E-state index contributed by atoms with van der Waals surface area (Å²) >= 11 is 8.00. The average molecular weight is 335 g/mol. The molecule has 1 rings (SSSR count). The van der Waals surface area contributed by atoms with E-state index in [9.17, 15) is 4.79 Å². The third-order valence-corrected chi connectivity index (χ3v) is 3.22. The number of carbonyl (C=O) groups is 1. The number of hydrogen-bond acceptors (Lipinski definition) is 1. The highest BCUT2D eigenvalue weighted by Gasteiger charge is 2.09. The molecule has 0 saturated heterocycles. The molecule has 0 fully saturated rings. The minimum Gasteiger partial charge on any atom is -0.294 e. The number of halogens is 2. The van der Waals surface area contributed by atoms with Crippen LogP contribution in [0.1, 0.15) is 29.6 Å². The molecule has 80 valence electrons. The van der Waals surface area contributed by atoms with Gasteiger partial charge in [0.05, 0.1) is 0 Å². The molecule has 0 amide bonds. The van der Waals surface area contributed by atoms with Crippen LogP contribution < -0.4 is 0 Å². The average Bonchev–Trinajstić information content (AvgIpc) is 2.22. The minimum atomic E-state index is 0.156. The second kappa shape index (κ2) is 6.28. The summed E-state index contributed by atoms with van der Waals surface area (Å²) in [5, 5.41) is 0.613. The topological polar surface area (TPSA) is 17.1 Å². The van der Waals surface area contributed by atoms with Gasteiger partial charge in [0, 0.05) is 20.6 Å². The molecule has 1 aromatic carbocycles. The van der Waals surface area contributed by atoms with Crippen LogP contribution in [0.4, 0.5) is 0 Å². The molecule has 0 saturated carbocycles. The third kappa shape index (κ3) is 3.95. The minimum absolute atomic E-state index is 0.156. The summed E-state index contributed by atoms with van der Waals surface area (Å²) in [5.74, 6) is 0.156. The quantitative estimate of drug-likeness (QED) is 0.336. The molecule has 3 heteroatoms. The first-order valence-electron chi connectivity index (χ1n) is 4.74. The number of hydrogen-bond donors (Lipinski definition) is 0. The van der Waals surface area contributed by atoms with Crippen molar-refractivity contribution in [3.05, 3.63) is 45.0 Å². The number of allylic oxidation sites excluding steroid dienone is 1. The van der Waals surface area contributed by atoms with Gasteiger partial charge in [-0.3, -0.25) is 4.79 Å². The maximum atomic E-state index is 11.8. The molecular formula is C12H12ClIO. The molecule has 0 aliphatic heterocycles. The van der Waals surface area contributed by atoms with Gasteiger partial charge in [0.25, 0.3) is 0 Å². The van der Waals surface area contributed by atoms with E-state index in [-0.39, 0.29) is 5.78 Å². The van der Waals surface area contributed by atoms with Crippen molar-refractivity contribution in [2.75, 3.05) is 0 Å². The van der Waals surface area contributed by atoms with Crippen LogP contribution >= 0.6 is 34.2 Å². The Balaban J connectivity index is 2.72. The van der Waals surface area contributed by atoms with Gasteiger partial charge in [0.1, 0.15) is 0 Å². The number of benzene rings is 1. The Hall–Kier alpha value is -0.350. The smallest absolute Gasteiger partial charge is 0.164 e. The van der Waals surface area contributed by atoms with E-state index >= 15 is 0 Å². The first-order chi connectivity index (χ1) is 7.15. The first kappa shape index (κ1) is 12.7. The molecule has 0 radical (unpaired) electrons. The number of ketones is 1. The van der Waals surface area contributed by atoms with Crippen molar-refractivity contribution in [2.45, 2.75) is 19.3 Å². The lowest BCUT2D eigenvalue weighted by Crippen LogP contribution is -2.01. The summed E-state index contributed by atoms with van der Waals surface area (Å²) in [6.07, 6.45) is 4.12. The lowest BCUT2D eigenvalue weighted by atomic mass is 10.1. The molecule has 0 heterocycles. The molecule has 0 atom stereocenters. The molecule has 1 nitrogen and oxygen atoms in total. The Bertz CT molecular complexity index is 374. The largest absolute Gasteiger partial charge is 0.294 e. The predicted octanol–water partition coefficient (Wildman–Crippen LogP) is 4.48. The number of carbonyl (C=O) groups excluding carboxylic acids is 1. The lowest BCUT2D eigenvalue weighted by Gasteiger charge is -2.03. The SMILES string of the molecule is C=CCCCC(=O)c1cc(Cl)ccc1I. The van der Waals surface area contributed by atoms with Gasteiger partial charge in [0.2, 0.25) is 0 Å². The van der Waals surface area contributed by atoms with Gasteiger partial charge >= 0.3 is 0 Å². The zero-order valence-electron chi connectivity index (χ0n) is 8.30. The molecule has 0 spiro atoms. The van der Waals surface area contributed by atoms with Gasteiger partial charge in [-0.1, -0.05) is 17.7 Å². The molecule has 0 aromatic heterocycles. The van der Waals surface area contributed by atoms with Crippen molar-refractivity contribution in [3.8, 4) is 0 Å². The fourth-order valence-corrected chi connectivity index (χ4v) is 2.06. The van der Waals surface area contributed by atoms with Crippen molar-refractivity contribution in [2.24, 2.45) is 0 Å². The van der Waals surface area contributed by atoms with E-state index < -0.39 is 0 Å². The molecular weight excluding hydrogens is 322 g/mol. The summed E-state index contributed by atoms with van der Waals surface area (Å²) in [4.78, 5) is 11.8. The van der Waals surface area contributed by atoms with Crippen LogP contribution in [0.15, 0.2) is 30.9 Å². The summed E-state index contributed by atoms with van der Waals surface area (Å²) in [5.41, 5.74) is 0.729. The van der Waals surface area contributed by atoms with Crippen LogP contribution in [0.2, 0.25) is 5.02 Å². The van der Waals surface area contributed by atoms with Crippen molar-refractivity contribution >= 4 is 40.0 Å². The number of Topliss-reactive ketones (excluding diaryl/α,β-unsaturated/α-hetero) is 1. The molecule has 0 unspecified atom stereocenters. The molecule has 0 aliphatic rings. The lowest BCUT2D eigenvalue weighted by molar-refractivity contribution is 0.0979. The van der Waals surface area contributed by atoms with Crippen LogP contribution in [0.5, 0.6) is 0 Å². The van der Waals surface area contributed by atoms with Crippen LogP contribution in [-0.2, 0) is 0 Å². The van der Waals surface area contributed by atoms with Gasteiger partial charge in [-0.05, 0) is 53.6 Å². The first-order valence-corrected chi connectivity index (χ1v) is 6.20. The molecule has 0 N–H and O–H groups in total. The Morgan fingerprint density at radius 3 is 2.93 bits per heavy atom. The Labute approximate surface area is 109 Å². The van der Waals surface area contributed by atoms with Crippen LogP contribution in [-0.4, -0.2) is 5.78 Å². The monoisotopic (exact) mass is 334 g/mol. The highest BCUT2D eigenvalue weighted by Crippen LogP contribution is 2.20. The summed E-state index contributed by atoms with van der Waals surface area (Å²) in [6.45, 7) is 3.63.